The molecule has 0 unspecified atom stereocenters. The highest BCUT2D eigenvalue weighted by molar-refractivity contribution is 6.23. The third kappa shape index (κ3) is 4.46. The van der Waals surface area contributed by atoms with Gasteiger partial charge in [-0.1, -0.05) is 198 Å². The number of rotatable bonds is 3. The zero-order chi connectivity index (χ0) is 38.9. The fourth-order valence-corrected chi connectivity index (χ4v) is 11.2. The summed E-state index contributed by atoms with van der Waals surface area (Å²) in [4.78, 5) is 0. The van der Waals surface area contributed by atoms with E-state index in [1.807, 2.05) is 0 Å². The van der Waals surface area contributed by atoms with Crippen LogP contribution in [0.3, 0.4) is 0 Å². The quantitative estimate of drug-likeness (QED) is 0.158. The molecule has 0 atom stereocenters. The average Bonchev–Trinajstić information content (AvgIpc) is 3.64. The first-order valence-electron chi connectivity index (χ1n) is 20.7. The van der Waals surface area contributed by atoms with Crippen molar-refractivity contribution in [2.24, 2.45) is 0 Å². The van der Waals surface area contributed by atoms with Crippen molar-refractivity contribution in [3.05, 3.63) is 204 Å². The second-order valence-corrected chi connectivity index (χ2v) is 17.6. The Hall–Kier alpha value is -6.76. The predicted octanol–water partition coefficient (Wildman–Crippen LogP) is 15.9. The molecule has 2 aliphatic carbocycles. The summed E-state index contributed by atoms with van der Waals surface area (Å²) in [6, 6.07) is 68.6. The molecule has 10 aromatic rings. The number of benzene rings is 10. The standard InChI is InChI=1S/C58H42/c1-57(2)51-33-37(41-24-14-26-49-50-32-27-36-16-6-8-19-40(36)55(50)58(3,4)56(41)49)28-30-42(51)43-31-29-38(34-52(43)57)53-45-20-9-11-22-47(45)54(48-23-12-10-21-46(48)53)44-25-13-17-35-15-5-7-18-39(35)44/h5-34H,1-4H3. The van der Waals surface area contributed by atoms with Crippen molar-refractivity contribution in [1.29, 1.82) is 0 Å². The third-order valence-corrected chi connectivity index (χ3v) is 13.8. The van der Waals surface area contributed by atoms with Crippen molar-refractivity contribution in [2.45, 2.75) is 38.5 Å². The van der Waals surface area contributed by atoms with E-state index < -0.39 is 0 Å². The van der Waals surface area contributed by atoms with Gasteiger partial charge in [0.15, 0.2) is 0 Å². The first-order valence-corrected chi connectivity index (χ1v) is 20.7. The lowest BCUT2D eigenvalue weighted by molar-refractivity contribution is 0.660. The van der Waals surface area contributed by atoms with E-state index in [0.29, 0.717) is 0 Å². The molecule has 0 spiro atoms. The van der Waals surface area contributed by atoms with Crippen LogP contribution in [0.25, 0.3) is 98.7 Å². The number of fused-ring (bicyclic) bond motifs is 11. The van der Waals surface area contributed by atoms with E-state index >= 15 is 0 Å². The molecule has 58 heavy (non-hydrogen) atoms. The molecule has 0 fully saturated rings. The minimum absolute atomic E-state index is 0.136. The molecule has 0 aromatic heterocycles. The van der Waals surface area contributed by atoms with Crippen molar-refractivity contribution >= 4 is 43.1 Å². The van der Waals surface area contributed by atoms with Crippen LogP contribution in [0.2, 0.25) is 0 Å². The van der Waals surface area contributed by atoms with Gasteiger partial charge in [-0.3, -0.25) is 0 Å². The van der Waals surface area contributed by atoms with Gasteiger partial charge < -0.3 is 0 Å². The van der Waals surface area contributed by atoms with Crippen LogP contribution in [0.4, 0.5) is 0 Å². The molecular formula is C58H42. The lowest BCUT2D eigenvalue weighted by Gasteiger charge is -2.27. The summed E-state index contributed by atoms with van der Waals surface area (Å²) >= 11 is 0. The molecule has 0 saturated heterocycles. The minimum atomic E-state index is -0.183. The van der Waals surface area contributed by atoms with Crippen LogP contribution < -0.4 is 0 Å². The molecule has 0 bridgehead atoms. The first-order chi connectivity index (χ1) is 28.3. The van der Waals surface area contributed by atoms with E-state index in [1.165, 1.54) is 121 Å². The van der Waals surface area contributed by atoms with Crippen molar-refractivity contribution in [2.75, 3.05) is 0 Å². The van der Waals surface area contributed by atoms with E-state index in [9.17, 15) is 0 Å². The van der Waals surface area contributed by atoms with Gasteiger partial charge in [-0.2, -0.15) is 0 Å². The van der Waals surface area contributed by atoms with Crippen molar-refractivity contribution in [1.82, 2.24) is 0 Å². The van der Waals surface area contributed by atoms with Gasteiger partial charge in [0.2, 0.25) is 0 Å². The maximum atomic E-state index is 2.51. The second kappa shape index (κ2) is 11.9. The molecule has 274 valence electrons. The Bertz CT molecular complexity index is 3330. The third-order valence-electron chi connectivity index (χ3n) is 13.8. The fourth-order valence-electron chi connectivity index (χ4n) is 11.2. The summed E-state index contributed by atoms with van der Waals surface area (Å²) in [5.41, 5.74) is 18.6. The highest BCUT2D eigenvalue weighted by Crippen LogP contribution is 2.56. The molecule has 0 amide bonds. The smallest absolute Gasteiger partial charge is 0.0171 e. The average molecular weight is 739 g/mol. The van der Waals surface area contributed by atoms with Crippen molar-refractivity contribution < 1.29 is 0 Å². The van der Waals surface area contributed by atoms with Crippen LogP contribution >= 0.6 is 0 Å². The number of hydrogen-bond acceptors (Lipinski definition) is 0. The van der Waals surface area contributed by atoms with E-state index in [-0.39, 0.29) is 10.8 Å². The lowest BCUT2D eigenvalue weighted by Crippen LogP contribution is -2.17. The van der Waals surface area contributed by atoms with Crippen LogP contribution in [0.15, 0.2) is 182 Å². The Morgan fingerprint density at radius 2 is 0.724 bits per heavy atom. The molecule has 0 saturated carbocycles. The maximum Gasteiger partial charge on any atom is 0.0171 e. The molecule has 10 aromatic carbocycles. The Morgan fingerprint density at radius 1 is 0.276 bits per heavy atom. The minimum Gasteiger partial charge on any atom is -0.0616 e. The van der Waals surface area contributed by atoms with Crippen molar-refractivity contribution in [3.8, 4) is 55.6 Å². The van der Waals surface area contributed by atoms with Gasteiger partial charge in [0.25, 0.3) is 0 Å². The van der Waals surface area contributed by atoms with Crippen LogP contribution in [-0.4, -0.2) is 0 Å². The van der Waals surface area contributed by atoms with Crippen LogP contribution in [0.5, 0.6) is 0 Å². The molecular weight excluding hydrogens is 697 g/mol. The van der Waals surface area contributed by atoms with Gasteiger partial charge in [-0.25, -0.2) is 0 Å². The summed E-state index contributed by atoms with van der Waals surface area (Å²) in [5.74, 6) is 0. The van der Waals surface area contributed by atoms with E-state index in [0.717, 1.165) is 0 Å². The molecule has 0 N–H and O–H groups in total. The van der Waals surface area contributed by atoms with Gasteiger partial charge in [-0.15, -0.1) is 0 Å². The largest absolute Gasteiger partial charge is 0.0616 e. The molecule has 0 radical (unpaired) electrons. The van der Waals surface area contributed by atoms with Gasteiger partial charge in [0, 0.05) is 10.8 Å². The zero-order valence-electron chi connectivity index (χ0n) is 33.3. The zero-order valence-corrected chi connectivity index (χ0v) is 33.3. The summed E-state index contributed by atoms with van der Waals surface area (Å²) in [6.07, 6.45) is 0. The summed E-state index contributed by atoms with van der Waals surface area (Å²) in [5, 5.41) is 10.4. The van der Waals surface area contributed by atoms with Crippen LogP contribution in [0, 0.1) is 0 Å². The van der Waals surface area contributed by atoms with E-state index in [4.69, 9.17) is 0 Å². The van der Waals surface area contributed by atoms with E-state index in [1.54, 1.807) is 0 Å². The molecule has 2 aliphatic rings. The molecule has 0 heteroatoms. The summed E-state index contributed by atoms with van der Waals surface area (Å²) in [6.45, 7) is 9.69. The lowest BCUT2D eigenvalue weighted by atomic mass is 9.76. The number of hydrogen-bond donors (Lipinski definition) is 0. The Balaban J connectivity index is 1.01. The molecule has 12 rings (SSSR count). The van der Waals surface area contributed by atoms with Crippen LogP contribution in [-0.2, 0) is 10.8 Å². The van der Waals surface area contributed by atoms with Gasteiger partial charge in [0.1, 0.15) is 0 Å². The first kappa shape index (κ1) is 33.4. The Morgan fingerprint density at radius 3 is 1.40 bits per heavy atom. The highest BCUT2D eigenvalue weighted by atomic mass is 14.4. The van der Waals surface area contributed by atoms with E-state index in [2.05, 4.69) is 210 Å². The monoisotopic (exact) mass is 738 g/mol. The topological polar surface area (TPSA) is 0 Å². The summed E-state index contributed by atoms with van der Waals surface area (Å²) < 4.78 is 0. The normalized spacial score (nSPS) is 14.5. The Labute approximate surface area is 340 Å². The molecule has 0 aliphatic heterocycles. The molecule has 0 heterocycles. The van der Waals surface area contributed by atoms with Gasteiger partial charge >= 0.3 is 0 Å². The summed E-state index contributed by atoms with van der Waals surface area (Å²) in [7, 11) is 0. The predicted molar refractivity (Wildman–Crippen MR) is 248 cm³/mol. The maximum absolute atomic E-state index is 2.51. The van der Waals surface area contributed by atoms with Gasteiger partial charge in [0.05, 0.1) is 0 Å². The SMILES string of the molecule is CC1(C)c2cc(-c3cccc4c3C(C)(C)c3c-4ccc4ccccc34)ccc2-c2ccc(-c3c4ccccc4c(-c4cccc5ccccc45)c4ccccc34)cc21. The highest BCUT2D eigenvalue weighted by Gasteiger charge is 2.40. The second-order valence-electron chi connectivity index (χ2n) is 17.6. The Kier molecular flexibility index (Phi) is 6.84. The fraction of sp³-hybridized carbons (Fsp3) is 0.103. The van der Waals surface area contributed by atoms with Gasteiger partial charge in [-0.05, 0) is 133 Å². The van der Waals surface area contributed by atoms with Crippen LogP contribution in [0.1, 0.15) is 49.9 Å². The van der Waals surface area contributed by atoms with Crippen molar-refractivity contribution in [3.63, 3.8) is 0 Å². The molecule has 0 nitrogen and oxygen atoms in total.